The zero-order chi connectivity index (χ0) is 12.2. The van der Waals surface area contributed by atoms with Crippen molar-refractivity contribution in [2.45, 2.75) is 12.6 Å². The van der Waals surface area contributed by atoms with Crippen molar-refractivity contribution < 1.29 is 4.74 Å². The second-order valence-electron chi connectivity index (χ2n) is 4.42. The molecule has 0 aliphatic heterocycles. The SMILES string of the molecule is CS(C)(C)CCOCn1cc(Br)nc1CCl. The molecule has 0 bridgehead atoms. The monoisotopic (exact) mass is 328 g/mol. The van der Waals surface area contributed by atoms with Gasteiger partial charge in [-0.25, -0.2) is 15.0 Å². The maximum absolute atomic E-state index is 5.78. The lowest BCUT2D eigenvalue weighted by atomic mass is 10.7. The van der Waals surface area contributed by atoms with E-state index in [1.165, 1.54) is 0 Å². The van der Waals surface area contributed by atoms with Gasteiger partial charge in [0.2, 0.25) is 0 Å². The van der Waals surface area contributed by atoms with E-state index >= 15 is 0 Å². The first-order chi connectivity index (χ1) is 7.42. The summed E-state index contributed by atoms with van der Waals surface area (Å²) >= 11 is 9.10. The summed E-state index contributed by atoms with van der Waals surface area (Å²) in [5, 5.41) is 0. The minimum atomic E-state index is -0.474. The van der Waals surface area contributed by atoms with E-state index in [1.807, 2.05) is 10.8 Å². The molecule has 0 saturated heterocycles. The van der Waals surface area contributed by atoms with Crippen molar-refractivity contribution in [3.8, 4) is 0 Å². The number of nitrogens with zero attached hydrogens (tertiary/aromatic N) is 2. The average molecular weight is 330 g/mol. The first-order valence-electron chi connectivity index (χ1n) is 4.93. The lowest BCUT2D eigenvalue weighted by Crippen LogP contribution is -2.10. The first-order valence-corrected chi connectivity index (χ1v) is 9.29. The molecule has 16 heavy (non-hydrogen) atoms. The molecule has 0 spiro atoms. The van der Waals surface area contributed by atoms with Crippen molar-refractivity contribution in [2.75, 3.05) is 31.1 Å². The van der Waals surface area contributed by atoms with Crippen molar-refractivity contribution in [1.82, 2.24) is 9.55 Å². The van der Waals surface area contributed by atoms with E-state index in [2.05, 4.69) is 39.7 Å². The largest absolute Gasteiger partial charge is 0.360 e. The van der Waals surface area contributed by atoms with Gasteiger partial charge in [0.05, 0.1) is 12.5 Å². The molecular formula is C10H18BrClN2OS. The Morgan fingerprint density at radius 3 is 2.75 bits per heavy atom. The van der Waals surface area contributed by atoms with Gasteiger partial charge in [-0.15, -0.1) is 11.6 Å². The van der Waals surface area contributed by atoms with Gasteiger partial charge in [0.15, 0.2) is 0 Å². The number of rotatable bonds is 6. The Bertz CT molecular complexity index is 338. The number of hydrogen-bond donors (Lipinski definition) is 0. The molecule has 0 aliphatic carbocycles. The predicted octanol–water partition coefficient (Wildman–Crippen LogP) is 3.05. The highest BCUT2D eigenvalue weighted by atomic mass is 79.9. The molecule has 0 saturated carbocycles. The van der Waals surface area contributed by atoms with Crippen LogP contribution < -0.4 is 0 Å². The Balaban J connectivity index is 2.37. The highest BCUT2D eigenvalue weighted by Gasteiger charge is 2.06. The Labute approximate surface area is 112 Å². The summed E-state index contributed by atoms with van der Waals surface area (Å²) in [5.41, 5.74) is 0. The van der Waals surface area contributed by atoms with Gasteiger partial charge in [-0.1, -0.05) is 0 Å². The summed E-state index contributed by atoms with van der Waals surface area (Å²) in [5.74, 6) is 2.36. The molecule has 0 unspecified atom stereocenters. The van der Waals surface area contributed by atoms with Crippen LogP contribution in [0.3, 0.4) is 0 Å². The van der Waals surface area contributed by atoms with Gasteiger partial charge < -0.3 is 9.30 Å². The summed E-state index contributed by atoms with van der Waals surface area (Å²) in [6.45, 7) is 1.31. The standard InChI is InChI=1S/C10H18BrClN2OS/c1-16(2,3)5-4-15-8-14-7-9(11)13-10(14)6-12/h7H,4-6,8H2,1-3H3. The molecule has 94 valence electrons. The quantitative estimate of drug-likeness (QED) is 0.592. The number of halogens is 2. The maximum Gasteiger partial charge on any atom is 0.126 e. The van der Waals surface area contributed by atoms with Gasteiger partial charge >= 0.3 is 0 Å². The number of ether oxygens (including phenoxy) is 1. The number of imidazole rings is 1. The summed E-state index contributed by atoms with van der Waals surface area (Å²) < 4.78 is 8.34. The minimum absolute atomic E-state index is 0.402. The van der Waals surface area contributed by atoms with E-state index in [9.17, 15) is 0 Å². The van der Waals surface area contributed by atoms with E-state index in [1.54, 1.807) is 0 Å². The van der Waals surface area contributed by atoms with Crippen molar-refractivity contribution >= 4 is 37.6 Å². The molecule has 0 fully saturated rings. The van der Waals surface area contributed by atoms with Crippen LogP contribution in [0.1, 0.15) is 5.82 Å². The van der Waals surface area contributed by atoms with E-state index in [-0.39, 0.29) is 0 Å². The number of aromatic nitrogens is 2. The van der Waals surface area contributed by atoms with Crippen LogP contribution in [0.25, 0.3) is 0 Å². The van der Waals surface area contributed by atoms with Crippen LogP contribution in [0, 0.1) is 0 Å². The van der Waals surface area contributed by atoms with Crippen LogP contribution in [0.5, 0.6) is 0 Å². The fourth-order valence-corrected chi connectivity index (χ4v) is 2.39. The van der Waals surface area contributed by atoms with Gasteiger partial charge in [-0.05, 0) is 34.7 Å². The maximum atomic E-state index is 5.78. The zero-order valence-corrected chi connectivity index (χ0v) is 13.0. The first kappa shape index (κ1) is 14.4. The molecule has 0 radical (unpaired) electrons. The third-order valence-electron chi connectivity index (χ3n) is 2.02. The van der Waals surface area contributed by atoms with Crippen LogP contribution in [0.2, 0.25) is 0 Å². The third kappa shape index (κ3) is 5.08. The van der Waals surface area contributed by atoms with Crippen molar-refractivity contribution in [1.29, 1.82) is 0 Å². The minimum Gasteiger partial charge on any atom is -0.360 e. The van der Waals surface area contributed by atoms with Gasteiger partial charge in [0.25, 0.3) is 0 Å². The van der Waals surface area contributed by atoms with E-state index in [4.69, 9.17) is 16.3 Å². The predicted molar refractivity (Wildman–Crippen MR) is 75.7 cm³/mol. The van der Waals surface area contributed by atoms with Crippen LogP contribution >= 0.6 is 37.6 Å². The summed E-state index contributed by atoms with van der Waals surface area (Å²) in [6.07, 6.45) is 8.75. The van der Waals surface area contributed by atoms with Gasteiger partial charge in [0.1, 0.15) is 17.2 Å². The lowest BCUT2D eigenvalue weighted by molar-refractivity contribution is 0.0880. The normalized spacial score (nSPS) is 13.1. The molecule has 0 N–H and O–H groups in total. The van der Waals surface area contributed by atoms with E-state index in [0.717, 1.165) is 22.8 Å². The smallest absolute Gasteiger partial charge is 0.126 e. The topological polar surface area (TPSA) is 27.1 Å². The van der Waals surface area contributed by atoms with Crippen LogP contribution in [-0.2, 0) is 17.3 Å². The van der Waals surface area contributed by atoms with E-state index in [0.29, 0.717) is 12.6 Å². The van der Waals surface area contributed by atoms with Crippen LogP contribution in [0.15, 0.2) is 10.8 Å². The van der Waals surface area contributed by atoms with Crippen LogP contribution in [-0.4, -0.2) is 40.7 Å². The Morgan fingerprint density at radius 1 is 1.50 bits per heavy atom. The van der Waals surface area contributed by atoms with Gasteiger partial charge in [-0.3, -0.25) is 0 Å². The summed E-state index contributed by atoms with van der Waals surface area (Å²) in [6, 6.07) is 0. The van der Waals surface area contributed by atoms with Gasteiger partial charge in [0, 0.05) is 11.9 Å². The lowest BCUT2D eigenvalue weighted by Gasteiger charge is -2.24. The summed E-state index contributed by atoms with van der Waals surface area (Å²) in [7, 11) is -0.474. The Kier molecular flexibility index (Phi) is 5.64. The van der Waals surface area contributed by atoms with Crippen molar-refractivity contribution in [2.24, 2.45) is 0 Å². The molecule has 0 atom stereocenters. The molecule has 0 amide bonds. The molecule has 1 rings (SSSR count). The second kappa shape index (κ2) is 6.28. The molecule has 0 aromatic carbocycles. The molecule has 1 aromatic rings. The fraction of sp³-hybridized carbons (Fsp3) is 0.700. The highest BCUT2D eigenvalue weighted by molar-refractivity contribution is 9.10. The molecule has 6 heteroatoms. The van der Waals surface area contributed by atoms with Crippen molar-refractivity contribution in [3.63, 3.8) is 0 Å². The number of hydrogen-bond acceptors (Lipinski definition) is 2. The summed E-state index contributed by atoms with van der Waals surface area (Å²) in [4.78, 5) is 4.23. The van der Waals surface area contributed by atoms with Gasteiger partial charge in [-0.2, -0.15) is 0 Å². The Morgan fingerprint density at radius 2 is 2.19 bits per heavy atom. The third-order valence-corrected chi connectivity index (χ3v) is 4.03. The molecule has 1 heterocycles. The van der Waals surface area contributed by atoms with E-state index < -0.39 is 10.0 Å². The fourth-order valence-electron chi connectivity index (χ4n) is 1.11. The highest BCUT2D eigenvalue weighted by Crippen LogP contribution is 2.33. The Hall–Kier alpha value is 0.290. The number of alkyl halides is 1. The molecule has 3 nitrogen and oxygen atoms in total. The van der Waals surface area contributed by atoms with Crippen molar-refractivity contribution in [3.05, 3.63) is 16.6 Å². The molecule has 1 aromatic heterocycles. The molecule has 0 aliphatic rings. The molecular weight excluding hydrogens is 312 g/mol. The average Bonchev–Trinajstić information content (AvgIpc) is 2.52. The zero-order valence-electron chi connectivity index (χ0n) is 9.87. The van der Waals surface area contributed by atoms with Crippen LogP contribution in [0.4, 0.5) is 0 Å². The second-order valence-corrected chi connectivity index (χ2v) is 10.1.